The Hall–Kier alpha value is -13.2. The predicted molar refractivity (Wildman–Crippen MR) is 444 cm³/mol. The number of nitrogen functional groups attached to an aromatic ring is 2. The fraction of sp³-hybridized carbons (Fsp3) is 0.0303. The van der Waals surface area contributed by atoms with E-state index in [0.717, 1.165) is 61.3 Å². The molecule has 0 radical (unpaired) electrons. The Kier molecular flexibility index (Phi) is 14.6. The molecular formula is C99H69BrN6. The van der Waals surface area contributed by atoms with Crippen molar-refractivity contribution in [1.82, 2.24) is 0 Å². The van der Waals surface area contributed by atoms with Gasteiger partial charge in [-0.2, -0.15) is 0 Å². The van der Waals surface area contributed by atoms with Crippen LogP contribution in [-0.4, -0.2) is 0 Å². The van der Waals surface area contributed by atoms with Gasteiger partial charge in [-0.1, -0.05) is 253 Å². The van der Waals surface area contributed by atoms with Gasteiger partial charge in [-0.05, 0) is 267 Å². The Morgan fingerprint density at radius 2 is 0.340 bits per heavy atom. The third kappa shape index (κ3) is 9.56. The van der Waals surface area contributed by atoms with E-state index >= 15 is 0 Å². The zero-order chi connectivity index (χ0) is 70.7. The molecule has 6 aliphatic carbocycles. The van der Waals surface area contributed by atoms with Crippen LogP contribution in [0.15, 0.2) is 375 Å². The van der Waals surface area contributed by atoms with Gasteiger partial charge in [0.1, 0.15) is 0 Å². The van der Waals surface area contributed by atoms with Crippen LogP contribution in [0.4, 0.5) is 56.9 Å². The molecule has 0 amide bonds. The molecule has 0 fully saturated rings. The third-order valence-corrected chi connectivity index (χ3v) is 23.2. The molecule has 6 nitrogen and oxygen atoms in total. The van der Waals surface area contributed by atoms with Gasteiger partial charge in [-0.3, -0.25) is 0 Å². The average molecular weight is 1420 g/mol. The fourth-order valence-electron chi connectivity index (χ4n) is 18.5. The van der Waals surface area contributed by atoms with E-state index in [1.54, 1.807) is 0 Å². The third-order valence-electron chi connectivity index (χ3n) is 22.7. The van der Waals surface area contributed by atoms with Gasteiger partial charge < -0.3 is 32.7 Å². The van der Waals surface area contributed by atoms with Crippen molar-refractivity contribution in [3.8, 4) is 66.8 Å². The van der Waals surface area contributed by atoms with Crippen LogP contribution in [0.5, 0.6) is 0 Å². The number of nitrogens with two attached hydrogens (primary N) is 2. The summed E-state index contributed by atoms with van der Waals surface area (Å²) in [6.45, 7) is 0. The summed E-state index contributed by atoms with van der Waals surface area (Å²) in [5, 5.41) is 14.4. The number of nitrogens with one attached hydrogen (secondary N) is 4. The van der Waals surface area contributed by atoms with Crippen molar-refractivity contribution >= 4 is 72.8 Å². The van der Waals surface area contributed by atoms with Gasteiger partial charge in [0.2, 0.25) is 0 Å². The van der Waals surface area contributed by atoms with Gasteiger partial charge in [-0.15, -0.1) is 0 Å². The van der Waals surface area contributed by atoms with E-state index in [1.165, 1.54) is 134 Å². The quantitative estimate of drug-likeness (QED) is 0.0848. The SMILES string of the molecule is Brc1ccc2c(c1)C1(c3ccccc3-c3ccccc31)c1ccccc1-2.Nc1ccc(Nc2ccc(N)cc2)cc1.c1ccc2c(c1)-c1ccccc1C21c2ccccc2-c2ccc(Nc3ccc(Nc4ccc(Nc5ccc6c(c5)C5(c7ccccc7-c7ccccc75)c5ccccc5-6)cc4)cc3)cc21. The first kappa shape index (κ1) is 62.6. The Balaban J connectivity index is 0.000000147. The number of hydrogen-bond donors (Lipinski definition) is 6. The molecule has 3 spiro atoms. The van der Waals surface area contributed by atoms with Crippen molar-refractivity contribution in [2.24, 2.45) is 0 Å². The Labute approximate surface area is 625 Å². The molecule has 22 rings (SSSR count). The zero-order valence-electron chi connectivity index (χ0n) is 57.8. The Morgan fingerprint density at radius 1 is 0.170 bits per heavy atom. The number of halogens is 1. The number of fused-ring (bicyclic) bond motifs is 30. The molecule has 16 aromatic carbocycles. The summed E-state index contributed by atoms with van der Waals surface area (Å²) in [4.78, 5) is 0. The van der Waals surface area contributed by atoms with Crippen LogP contribution >= 0.6 is 15.9 Å². The minimum absolute atomic E-state index is 0.219. The van der Waals surface area contributed by atoms with Crippen LogP contribution in [0.3, 0.4) is 0 Å². The highest BCUT2D eigenvalue weighted by Gasteiger charge is 2.54. The topological polar surface area (TPSA) is 100 Å². The molecule has 6 aliphatic rings. The average Bonchev–Trinajstić information content (AvgIpc) is 1.53. The van der Waals surface area contributed by atoms with Crippen LogP contribution < -0.4 is 32.7 Å². The maximum atomic E-state index is 5.60. The summed E-state index contributed by atoms with van der Waals surface area (Å²) < 4.78 is 1.13. The van der Waals surface area contributed by atoms with E-state index in [0.29, 0.717) is 0 Å². The molecule has 0 unspecified atom stereocenters. The standard InChI is InChI=1S/C62H41N3.C25H15Br.C12H13N3/c1-7-19-53-45(13-1)46-14-2-8-20-54(46)61(53)57-23-11-5-17-49(57)51-35-33-43(37-59(51)61)64-41-29-25-39(26-30-41)63-40-27-31-42(32-28-40)65-44-34-36-52-50-18-6-12-24-58(50)62(60(52)38-44)55-21-9-3-15-47(55)48-16-4-10-22-56(48)62;26-16-13-14-20-19-9-3-6-12-23(19)25(24(20)15-16)21-10-4-1-7-17(21)18-8-2-5-11-22(18)25;13-9-1-5-11(6-2-9)15-12-7-3-10(14)4-8-12/h1-38,63-65H;1-15H;1-8,15H,13-14H2. The summed E-state index contributed by atoms with van der Waals surface area (Å²) in [5.74, 6) is 0. The monoisotopic (exact) mass is 1420 g/mol. The summed E-state index contributed by atoms with van der Waals surface area (Å²) in [5.41, 5.74) is 52.3. The van der Waals surface area contributed by atoms with E-state index in [9.17, 15) is 0 Å². The molecule has 0 aromatic heterocycles. The van der Waals surface area contributed by atoms with Gasteiger partial charge in [0.05, 0.1) is 16.2 Å². The van der Waals surface area contributed by atoms with Crippen molar-refractivity contribution in [1.29, 1.82) is 0 Å². The van der Waals surface area contributed by atoms with Crippen LogP contribution in [0, 0.1) is 0 Å². The Bertz CT molecular complexity index is 5730. The highest BCUT2D eigenvalue weighted by Crippen LogP contribution is 2.66. The minimum atomic E-state index is -0.360. The lowest BCUT2D eigenvalue weighted by Gasteiger charge is -2.30. The van der Waals surface area contributed by atoms with Crippen LogP contribution in [0.25, 0.3) is 66.8 Å². The maximum absolute atomic E-state index is 5.60. The van der Waals surface area contributed by atoms with Crippen molar-refractivity contribution in [2.75, 3.05) is 32.7 Å². The lowest BCUT2D eigenvalue weighted by atomic mass is 9.70. The molecule has 16 aromatic rings. The normalized spacial score (nSPS) is 13.6. The van der Waals surface area contributed by atoms with E-state index in [1.807, 2.05) is 48.5 Å². The molecule has 502 valence electrons. The van der Waals surface area contributed by atoms with E-state index < -0.39 is 0 Å². The second-order valence-corrected chi connectivity index (χ2v) is 29.2. The second-order valence-electron chi connectivity index (χ2n) is 28.3. The van der Waals surface area contributed by atoms with E-state index in [2.05, 4.69) is 359 Å². The number of benzene rings is 16. The molecule has 0 bridgehead atoms. The number of rotatable bonds is 8. The van der Waals surface area contributed by atoms with Gasteiger partial charge in [-0.25, -0.2) is 0 Å². The van der Waals surface area contributed by atoms with Crippen molar-refractivity contribution in [2.45, 2.75) is 16.2 Å². The van der Waals surface area contributed by atoms with Gasteiger partial charge >= 0.3 is 0 Å². The van der Waals surface area contributed by atoms with Crippen LogP contribution in [-0.2, 0) is 16.2 Å². The largest absolute Gasteiger partial charge is 0.399 e. The molecule has 106 heavy (non-hydrogen) atoms. The lowest BCUT2D eigenvalue weighted by Crippen LogP contribution is -2.25. The van der Waals surface area contributed by atoms with Crippen molar-refractivity contribution in [3.05, 3.63) is 441 Å². The molecular weight excluding hydrogens is 1350 g/mol. The molecule has 0 saturated carbocycles. The maximum Gasteiger partial charge on any atom is 0.0726 e. The zero-order valence-corrected chi connectivity index (χ0v) is 59.3. The van der Waals surface area contributed by atoms with Crippen LogP contribution in [0.2, 0.25) is 0 Å². The molecule has 0 aliphatic heterocycles. The number of hydrogen-bond acceptors (Lipinski definition) is 6. The highest BCUT2D eigenvalue weighted by atomic mass is 79.9. The first-order valence-electron chi connectivity index (χ1n) is 36.2. The van der Waals surface area contributed by atoms with Crippen LogP contribution in [0.1, 0.15) is 66.8 Å². The predicted octanol–water partition coefficient (Wildman–Crippen LogP) is 25.0. The first-order valence-corrected chi connectivity index (χ1v) is 37.0. The summed E-state index contributed by atoms with van der Waals surface area (Å²) in [7, 11) is 0. The molecule has 0 atom stereocenters. The molecule has 0 heterocycles. The van der Waals surface area contributed by atoms with Gasteiger partial charge in [0.25, 0.3) is 0 Å². The summed E-state index contributed by atoms with van der Waals surface area (Å²) in [6, 6.07) is 133. The molecule has 0 saturated heterocycles. The highest BCUT2D eigenvalue weighted by molar-refractivity contribution is 9.10. The number of anilines is 10. The van der Waals surface area contributed by atoms with Gasteiger partial charge in [0.15, 0.2) is 0 Å². The molecule has 7 heteroatoms. The minimum Gasteiger partial charge on any atom is -0.399 e. The second kappa shape index (κ2) is 24.8. The van der Waals surface area contributed by atoms with Crippen molar-refractivity contribution in [3.63, 3.8) is 0 Å². The molecule has 8 N–H and O–H groups in total. The lowest BCUT2D eigenvalue weighted by molar-refractivity contribution is 0.793. The summed E-state index contributed by atoms with van der Waals surface area (Å²) >= 11 is 3.72. The fourth-order valence-corrected chi connectivity index (χ4v) is 18.8. The first-order chi connectivity index (χ1) is 52.2. The van der Waals surface area contributed by atoms with Crippen molar-refractivity contribution < 1.29 is 0 Å². The van der Waals surface area contributed by atoms with Gasteiger partial charge in [0, 0.05) is 61.3 Å². The van der Waals surface area contributed by atoms with E-state index in [4.69, 9.17) is 11.5 Å². The summed E-state index contributed by atoms with van der Waals surface area (Å²) in [6.07, 6.45) is 0. The smallest absolute Gasteiger partial charge is 0.0726 e. The van der Waals surface area contributed by atoms with E-state index in [-0.39, 0.29) is 16.2 Å². The Morgan fingerprint density at radius 3 is 0.575 bits per heavy atom.